The van der Waals surface area contributed by atoms with Crippen molar-refractivity contribution in [2.75, 3.05) is 45.8 Å². The van der Waals surface area contributed by atoms with E-state index < -0.39 is 10.2 Å². The van der Waals surface area contributed by atoms with Crippen molar-refractivity contribution in [2.24, 2.45) is 0 Å². The first kappa shape index (κ1) is 20.8. The van der Waals surface area contributed by atoms with Crippen LogP contribution in [0.4, 0.5) is 4.39 Å². The SMILES string of the molecule is CCN(CC)S(=O)(=O)N1CCN(CC(=O)NCc2ccccc2F)CC1. The Kier molecular flexibility index (Phi) is 7.51. The summed E-state index contributed by atoms with van der Waals surface area (Å²) in [5.74, 6) is -0.545. The van der Waals surface area contributed by atoms with E-state index in [1.807, 2.05) is 18.7 Å². The van der Waals surface area contributed by atoms with Crippen molar-refractivity contribution in [1.29, 1.82) is 0 Å². The zero-order chi connectivity index (χ0) is 19.2. The second-order valence-electron chi connectivity index (χ2n) is 6.14. The Morgan fingerprint density at radius 1 is 1.15 bits per heavy atom. The Hall–Kier alpha value is -1.55. The van der Waals surface area contributed by atoms with Crippen molar-refractivity contribution in [3.05, 3.63) is 35.6 Å². The quantitative estimate of drug-likeness (QED) is 0.712. The highest BCUT2D eigenvalue weighted by atomic mass is 32.2. The number of hydrogen-bond donors (Lipinski definition) is 1. The molecule has 1 saturated heterocycles. The molecule has 7 nitrogen and oxygen atoms in total. The van der Waals surface area contributed by atoms with Crippen molar-refractivity contribution in [1.82, 2.24) is 18.8 Å². The van der Waals surface area contributed by atoms with Gasteiger partial charge in [-0.05, 0) is 6.07 Å². The van der Waals surface area contributed by atoms with E-state index in [9.17, 15) is 17.6 Å². The maximum Gasteiger partial charge on any atom is 0.282 e. The van der Waals surface area contributed by atoms with Crippen molar-refractivity contribution >= 4 is 16.1 Å². The minimum atomic E-state index is -3.43. The molecule has 9 heteroatoms. The van der Waals surface area contributed by atoms with E-state index in [0.29, 0.717) is 44.8 Å². The van der Waals surface area contributed by atoms with E-state index in [-0.39, 0.29) is 24.8 Å². The van der Waals surface area contributed by atoms with Gasteiger partial charge in [0.15, 0.2) is 0 Å². The summed E-state index contributed by atoms with van der Waals surface area (Å²) in [6, 6.07) is 6.32. The third kappa shape index (κ3) is 5.23. The van der Waals surface area contributed by atoms with E-state index in [1.54, 1.807) is 18.2 Å². The maximum atomic E-state index is 13.5. The van der Waals surface area contributed by atoms with E-state index in [2.05, 4.69) is 5.32 Å². The molecule has 26 heavy (non-hydrogen) atoms. The lowest BCUT2D eigenvalue weighted by Crippen LogP contribution is -2.54. The molecule has 0 atom stereocenters. The van der Waals surface area contributed by atoms with Crippen LogP contribution in [0.5, 0.6) is 0 Å². The predicted molar refractivity (Wildman–Crippen MR) is 98.1 cm³/mol. The summed E-state index contributed by atoms with van der Waals surface area (Å²) in [5.41, 5.74) is 0.441. The summed E-state index contributed by atoms with van der Waals surface area (Å²) in [6.45, 7) is 6.54. The topological polar surface area (TPSA) is 73.0 Å². The zero-order valence-electron chi connectivity index (χ0n) is 15.3. The molecular formula is C17H27FN4O3S. The van der Waals surface area contributed by atoms with Gasteiger partial charge in [0, 0.05) is 51.4 Å². The molecule has 0 spiro atoms. The van der Waals surface area contributed by atoms with Crippen LogP contribution in [-0.4, -0.2) is 73.6 Å². The smallest absolute Gasteiger partial charge is 0.282 e. The molecule has 1 N–H and O–H groups in total. The molecule has 0 aliphatic carbocycles. The number of carbonyl (C=O) groups excluding carboxylic acids is 1. The van der Waals surface area contributed by atoms with Crippen LogP contribution in [0.3, 0.4) is 0 Å². The molecule has 0 saturated carbocycles. The van der Waals surface area contributed by atoms with Gasteiger partial charge in [0.1, 0.15) is 5.82 Å². The first-order valence-corrected chi connectivity index (χ1v) is 10.3. The molecule has 1 aromatic rings. The van der Waals surface area contributed by atoms with Crippen LogP contribution < -0.4 is 5.32 Å². The van der Waals surface area contributed by atoms with Crippen LogP contribution in [0.2, 0.25) is 0 Å². The number of amides is 1. The third-order valence-electron chi connectivity index (χ3n) is 4.49. The molecule has 0 unspecified atom stereocenters. The van der Waals surface area contributed by atoms with Gasteiger partial charge >= 0.3 is 0 Å². The second-order valence-corrected chi connectivity index (χ2v) is 8.06. The van der Waals surface area contributed by atoms with E-state index in [0.717, 1.165) is 0 Å². The van der Waals surface area contributed by atoms with Gasteiger partial charge in [-0.1, -0.05) is 32.0 Å². The highest BCUT2D eigenvalue weighted by molar-refractivity contribution is 7.86. The average Bonchev–Trinajstić information content (AvgIpc) is 2.62. The van der Waals surface area contributed by atoms with E-state index >= 15 is 0 Å². The molecule has 1 heterocycles. The Morgan fingerprint density at radius 3 is 2.35 bits per heavy atom. The van der Waals surface area contributed by atoms with E-state index in [1.165, 1.54) is 14.7 Å². The van der Waals surface area contributed by atoms with Crippen molar-refractivity contribution in [3.8, 4) is 0 Å². The fourth-order valence-corrected chi connectivity index (χ4v) is 4.53. The molecule has 146 valence electrons. The van der Waals surface area contributed by atoms with Crippen LogP contribution in [-0.2, 0) is 21.5 Å². The summed E-state index contributed by atoms with van der Waals surface area (Å²) in [6.07, 6.45) is 0. The molecule has 0 aromatic heterocycles. The van der Waals surface area contributed by atoms with Crippen LogP contribution in [0.15, 0.2) is 24.3 Å². The Bertz CT molecular complexity index is 702. The maximum absolute atomic E-state index is 13.5. The number of benzene rings is 1. The minimum absolute atomic E-state index is 0.141. The van der Waals surface area contributed by atoms with Crippen molar-refractivity contribution in [2.45, 2.75) is 20.4 Å². The average molecular weight is 386 g/mol. The lowest BCUT2D eigenvalue weighted by molar-refractivity contribution is -0.122. The summed E-state index contributed by atoms with van der Waals surface area (Å²) in [5, 5.41) is 2.70. The molecule has 1 aliphatic heterocycles. The van der Waals surface area contributed by atoms with Gasteiger partial charge in [-0.2, -0.15) is 17.0 Å². The molecule has 2 rings (SSSR count). The molecule has 1 aliphatic rings. The Balaban J connectivity index is 1.79. The number of rotatable bonds is 8. The van der Waals surface area contributed by atoms with Crippen molar-refractivity contribution in [3.63, 3.8) is 0 Å². The number of carbonyl (C=O) groups is 1. The Morgan fingerprint density at radius 2 is 1.77 bits per heavy atom. The van der Waals surface area contributed by atoms with Crippen LogP contribution in [0.25, 0.3) is 0 Å². The van der Waals surface area contributed by atoms with Gasteiger partial charge in [0.05, 0.1) is 6.54 Å². The first-order valence-electron chi connectivity index (χ1n) is 8.86. The Labute approximate surface area is 154 Å². The minimum Gasteiger partial charge on any atom is -0.351 e. The lowest BCUT2D eigenvalue weighted by Gasteiger charge is -2.35. The van der Waals surface area contributed by atoms with Gasteiger partial charge in [-0.25, -0.2) is 4.39 Å². The lowest BCUT2D eigenvalue weighted by atomic mass is 10.2. The van der Waals surface area contributed by atoms with Crippen LogP contribution in [0, 0.1) is 5.82 Å². The molecular weight excluding hydrogens is 359 g/mol. The van der Waals surface area contributed by atoms with Gasteiger partial charge in [-0.15, -0.1) is 0 Å². The normalized spacial score (nSPS) is 16.8. The van der Waals surface area contributed by atoms with Gasteiger partial charge < -0.3 is 5.32 Å². The number of nitrogens with zero attached hydrogens (tertiary/aromatic N) is 3. The standard InChI is InChI=1S/C17H27FN4O3S/c1-3-21(4-2)26(24,25)22-11-9-20(10-12-22)14-17(23)19-13-15-7-5-6-8-16(15)18/h5-8H,3-4,9-14H2,1-2H3,(H,19,23). The van der Waals surface area contributed by atoms with Crippen molar-refractivity contribution < 1.29 is 17.6 Å². The summed E-state index contributed by atoms with van der Waals surface area (Å²) >= 11 is 0. The molecule has 0 bridgehead atoms. The first-order chi connectivity index (χ1) is 12.4. The summed E-state index contributed by atoms with van der Waals surface area (Å²) in [7, 11) is -3.43. The monoisotopic (exact) mass is 386 g/mol. The number of piperazine rings is 1. The van der Waals surface area contributed by atoms with Gasteiger partial charge in [-0.3, -0.25) is 9.69 Å². The fraction of sp³-hybridized carbons (Fsp3) is 0.588. The highest BCUT2D eigenvalue weighted by Gasteiger charge is 2.31. The largest absolute Gasteiger partial charge is 0.351 e. The van der Waals surface area contributed by atoms with Gasteiger partial charge in [0.2, 0.25) is 5.91 Å². The van der Waals surface area contributed by atoms with Crippen LogP contribution >= 0.6 is 0 Å². The second kappa shape index (κ2) is 9.40. The molecule has 0 radical (unpaired) electrons. The summed E-state index contributed by atoms with van der Waals surface area (Å²) < 4.78 is 41.4. The number of halogens is 1. The highest BCUT2D eigenvalue weighted by Crippen LogP contribution is 2.12. The van der Waals surface area contributed by atoms with Gasteiger partial charge in [0.25, 0.3) is 10.2 Å². The van der Waals surface area contributed by atoms with E-state index in [4.69, 9.17) is 0 Å². The molecule has 1 aromatic carbocycles. The number of nitrogens with one attached hydrogen (secondary N) is 1. The molecule has 1 fully saturated rings. The fourth-order valence-electron chi connectivity index (χ4n) is 2.93. The number of hydrogen-bond acceptors (Lipinski definition) is 4. The van der Waals surface area contributed by atoms with Crippen LogP contribution in [0.1, 0.15) is 19.4 Å². The predicted octanol–water partition coefficient (Wildman–Crippen LogP) is 0.646. The summed E-state index contributed by atoms with van der Waals surface area (Å²) in [4.78, 5) is 14.0. The third-order valence-corrected chi connectivity index (χ3v) is 6.68. The zero-order valence-corrected chi connectivity index (χ0v) is 16.1. The molecule has 1 amide bonds.